The standard InChI is InChI=1S/C10H18O3/c1-3-10(12)13-8-9(2)6-4-5-7-11/h3,9,11H,1,4-8H2,2H3. The Hall–Kier alpha value is -0.830. The molecule has 0 heterocycles. The first-order valence-electron chi connectivity index (χ1n) is 4.60. The van der Waals surface area contributed by atoms with E-state index in [0.717, 1.165) is 19.3 Å². The van der Waals surface area contributed by atoms with Crippen LogP contribution in [0.25, 0.3) is 0 Å². The molecular weight excluding hydrogens is 168 g/mol. The van der Waals surface area contributed by atoms with Gasteiger partial charge in [0.2, 0.25) is 0 Å². The minimum atomic E-state index is -0.367. The summed E-state index contributed by atoms with van der Waals surface area (Å²) in [6.45, 7) is 6.00. The minimum absolute atomic E-state index is 0.235. The van der Waals surface area contributed by atoms with Crippen molar-refractivity contribution in [3.8, 4) is 0 Å². The molecule has 0 spiro atoms. The fourth-order valence-electron chi connectivity index (χ4n) is 0.971. The maximum Gasteiger partial charge on any atom is 0.330 e. The Morgan fingerprint density at radius 3 is 2.85 bits per heavy atom. The monoisotopic (exact) mass is 186 g/mol. The maximum absolute atomic E-state index is 10.7. The van der Waals surface area contributed by atoms with Crippen molar-refractivity contribution in [2.45, 2.75) is 26.2 Å². The largest absolute Gasteiger partial charge is 0.462 e. The van der Waals surface area contributed by atoms with Gasteiger partial charge in [-0.25, -0.2) is 4.79 Å². The number of aliphatic hydroxyl groups excluding tert-OH is 1. The van der Waals surface area contributed by atoms with Crippen molar-refractivity contribution in [3.05, 3.63) is 12.7 Å². The maximum atomic E-state index is 10.7. The number of aliphatic hydroxyl groups is 1. The molecule has 0 bridgehead atoms. The summed E-state index contributed by atoms with van der Waals surface area (Å²) in [5.74, 6) is -0.00976. The summed E-state index contributed by atoms with van der Waals surface area (Å²) in [5.41, 5.74) is 0. The molecule has 1 unspecified atom stereocenters. The van der Waals surface area contributed by atoms with E-state index in [1.165, 1.54) is 6.08 Å². The molecule has 76 valence electrons. The van der Waals surface area contributed by atoms with E-state index in [4.69, 9.17) is 9.84 Å². The van der Waals surface area contributed by atoms with E-state index >= 15 is 0 Å². The van der Waals surface area contributed by atoms with Gasteiger partial charge in [-0.1, -0.05) is 19.9 Å². The van der Waals surface area contributed by atoms with Gasteiger partial charge in [-0.3, -0.25) is 0 Å². The first-order valence-corrected chi connectivity index (χ1v) is 4.60. The summed E-state index contributed by atoms with van der Waals surface area (Å²) >= 11 is 0. The number of esters is 1. The van der Waals surface area contributed by atoms with Gasteiger partial charge < -0.3 is 9.84 Å². The van der Waals surface area contributed by atoms with Crippen LogP contribution in [0, 0.1) is 5.92 Å². The highest BCUT2D eigenvalue weighted by Gasteiger charge is 2.04. The van der Waals surface area contributed by atoms with Crippen molar-refractivity contribution in [1.29, 1.82) is 0 Å². The molecule has 0 aliphatic carbocycles. The van der Waals surface area contributed by atoms with Crippen LogP contribution in [0.1, 0.15) is 26.2 Å². The highest BCUT2D eigenvalue weighted by atomic mass is 16.5. The van der Waals surface area contributed by atoms with Gasteiger partial charge >= 0.3 is 5.97 Å². The molecule has 0 aromatic carbocycles. The molecule has 1 N–H and O–H groups in total. The van der Waals surface area contributed by atoms with Crippen molar-refractivity contribution in [3.63, 3.8) is 0 Å². The van der Waals surface area contributed by atoms with E-state index in [-0.39, 0.29) is 12.6 Å². The van der Waals surface area contributed by atoms with E-state index in [2.05, 4.69) is 6.58 Å². The molecule has 0 aliphatic heterocycles. The smallest absolute Gasteiger partial charge is 0.330 e. The Kier molecular flexibility index (Phi) is 7.30. The third-order valence-electron chi connectivity index (χ3n) is 1.78. The van der Waals surface area contributed by atoms with Crippen molar-refractivity contribution in [1.82, 2.24) is 0 Å². The SMILES string of the molecule is C=CC(=O)OCC(C)CCCCO. The summed E-state index contributed by atoms with van der Waals surface area (Å²) in [7, 11) is 0. The number of carbonyl (C=O) groups is 1. The first kappa shape index (κ1) is 12.2. The van der Waals surface area contributed by atoms with Crippen LogP contribution in [0.2, 0.25) is 0 Å². The highest BCUT2D eigenvalue weighted by Crippen LogP contribution is 2.07. The molecular formula is C10H18O3. The third-order valence-corrected chi connectivity index (χ3v) is 1.78. The lowest BCUT2D eigenvalue weighted by Gasteiger charge is -2.10. The molecule has 0 saturated carbocycles. The summed E-state index contributed by atoms with van der Waals surface area (Å²) in [6.07, 6.45) is 3.94. The topological polar surface area (TPSA) is 46.5 Å². The van der Waals surface area contributed by atoms with Crippen molar-refractivity contribution in [2.75, 3.05) is 13.2 Å². The van der Waals surface area contributed by atoms with Crippen LogP contribution in [0.5, 0.6) is 0 Å². The quantitative estimate of drug-likeness (QED) is 0.372. The van der Waals surface area contributed by atoms with E-state index in [1.54, 1.807) is 0 Å². The molecule has 3 heteroatoms. The number of hydrogen-bond acceptors (Lipinski definition) is 3. The second kappa shape index (κ2) is 7.80. The van der Waals surface area contributed by atoms with Gasteiger partial charge in [-0.15, -0.1) is 0 Å². The number of ether oxygens (including phenoxy) is 1. The lowest BCUT2D eigenvalue weighted by atomic mass is 10.1. The predicted molar refractivity (Wildman–Crippen MR) is 51.3 cm³/mol. The van der Waals surface area contributed by atoms with Gasteiger partial charge in [0.25, 0.3) is 0 Å². The molecule has 1 atom stereocenters. The van der Waals surface area contributed by atoms with Crippen LogP contribution < -0.4 is 0 Å². The third kappa shape index (κ3) is 7.53. The molecule has 3 nitrogen and oxygen atoms in total. The van der Waals surface area contributed by atoms with E-state index in [9.17, 15) is 4.79 Å². The summed E-state index contributed by atoms with van der Waals surface area (Å²) < 4.78 is 4.86. The number of unbranched alkanes of at least 4 members (excludes halogenated alkanes) is 1. The Balaban J connectivity index is 3.34. The zero-order valence-electron chi connectivity index (χ0n) is 8.16. The number of carbonyl (C=O) groups excluding carboxylic acids is 1. The fourth-order valence-corrected chi connectivity index (χ4v) is 0.971. The average molecular weight is 186 g/mol. The van der Waals surface area contributed by atoms with Gasteiger partial charge in [-0.2, -0.15) is 0 Å². The van der Waals surface area contributed by atoms with Crippen LogP contribution >= 0.6 is 0 Å². The average Bonchev–Trinajstić information content (AvgIpc) is 2.14. The van der Waals surface area contributed by atoms with Gasteiger partial charge in [0.1, 0.15) is 0 Å². The molecule has 0 rings (SSSR count). The van der Waals surface area contributed by atoms with Crippen LogP contribution in [-0.2, 0) is 9.53 Å². The normalized spacial score (nSPS) is 12.2. The Labute approximate surface area is 79.4 Å². The summed E-state index contributed by atoms with van der Waals surface area (Å²) in [6, 6.07) is 0. The molecule has 0 saturated heterocycles. The molecule has 13 heavy (non-hydrogen) atoms. The first-order chi connectivity index (χ1) is 6.20. The predicted octanol–water partition coefficient (Wildman–Crippen LogP) is 1.51. The lowest BCUT2D eigenvalue weighted by Crippen LogP contribution is -2.09. The van der Waals surface area contributed by atoms with Gasteiger partial charge in [0, 0.05) is 12.7 Å². The van der Waals surface area contributed by atoms with E-state index in [0.29, 0.717) is 12.5 Å². The second-order valence-electron chi connectivity index (χ2n) is 3.16. The number of hydrogen-bond donors (Lipinski definition) is 1. The second-order valence-corrected chi connectivity index (χ2v) is 3.16. The number of rotatable bonds is 7. The molecule has 0 aromatic rings. The van der Waals surface area contributed by atoms with Gasteiger partial charge in [0.15, 0.2) is 0 Å². The van der Waals surface area contributed by atoms with E-state index < -0.39 is 0 Å². The van der Waals surface area contributed by atoms with Crippen molar-refractivity contribution in [2.24, 2.45) is 5.92 Å². The Morgan fingerprint density at radius 2 is 2.31 bits per heavy atom. The molecule has 0 aliphatic rings. The zero-order valence-corrected chi connectivity index (χ0v) is 8.16. The Morgan fingerprint density at radius 1 is 1.62 bits per heavy atom. The fraction of sp³-hybridized carbons (Fsp3) is 0.700. The van der Waals surface area contributed by atoms with Crippen LogP contribution in [0.3, 0.4) is 0 Å². The van der Waals surface area contributed by atoms with Crippen LogP contribution in [-0.4, -0.2) is 24.3 Å². The zero-order chi connectivity index (χ0) is 10.1. The summed E-state index contributed by atoms with van der Waals surface area (Å²) in [4.78, 5) is 10.7. The van der Waals surface area contributed by atoms with Crippen molar-refractivity contribution < 1.29 is 14.6 Å². The summed E-state index contributed by atoms with van der Waals surface area (Å²) in [5, 5.41) is 8.54. The molecule has 0 fully saturated rings. The van der Waals surface area contributed by atoms with Crippen molar-refractivity contribution >= 4 is 5.97 Å². The molecule has 0 radical (unpaired) electrons. The lowest BCUT2D eigenvalue weighted by molar-refractivity contribution is -0.139. The van der Waals surface area contributed by atoms with Gasteiger partial charge in [0.05, 0.1) is 6.61 Å². The molecule has 0 amide bonds. The van der Waals surface area contributed by atoms with E-state index in [1.807, 2.05) is 6.92 Å². The van der Waals surface area contributed by atoms with Gasteiger partial charge in [-0.05, 0) is 18.8 Å². The minimum Gasteiger partial charge on any atom is -0.462 e. The van der Waals surface area contributed by atoms with Crippen LogP contribution in [0.15, 0.2) is 12.7 Å². The highest BCUT2D eigenvalue weighted by molar-refractivity contribution is 5.81. The molecule has 0 aromatic heterocycles. The Bertz CT molecular complexity index is 154. The van der Waals surface area contributed by atoms with Crippen LogP contribution in [0.4, 0.5) is 0 Å².